The standard InChI is InChI=1S/C14H24N2O3S/c15-12(20)14(5-1-2-6-14)13(18)16-7-3-11(4-8-16)19-10-9-17/h11,17H,1-10H2,(H2,15,20). The summed E-state index contributed by atoms with van der Waals surface area (Å²) in [5.41, 5.74) is 5.28. The largest absolute Gasteiger partial charge is 0.394 e. The number of amides is 1. The third kappa shape index (κ3) is 3.13. The number of rotatable bonds is 5. The fraction of sp³-hybridized carbons (Fsp3) is 0.857. The average Bonchev–Trinajstić information content (AvgIpc) is 2.96. The lowest BCUT2D eigenvalue weighted by Gasteiger charge is -2.37. The number of carbonyl (C=O) groups is 1. The Morgan fingerprint density at radius 3 is 2.45 bits per heavy atom. The highest BCUT2D eigenvalue weighted by molar-refractivity contribution is 7.80. The fourth-order valence-corrected chi connectivity index (χ4v) is 3.58. The molecule has 0 aromatic rings. The zero-order chi connectivity index (χ0) is 14.6. The number of piperidine rings is 1. The molecule has 2 aliphatic rings. The predicted molar refractivity (Wildman–Crippen MR) is 80.3 cm³/mol. The number of hydrogen-bond donors (Lipinski definition) is 2. The summed E-state index contributed by atoms with van der Waals surface area (Å²) >= 11 is 5.17. The maximum Gasteiger partial charge on any atom is 0.235 e. The van der Waals surface area contributed by atoms with Gasteiger partial charge in [0.05, 0.1) is 29.7 Å². The van der Waals surface area contributed by atoms with E-state index in [9.17, 15) is 4.79 Å². The Morgan fingerprint density at radius 2 is 1.95 bits per heavy atom. The van der Waals surface area contributed by atoms with Crippen LogP contribution in [0.25, 0.3) is 0 Å². The second-order valence-corrected chi connectivity index (χ2v) is 6.18. The van der Waals surface area contributed by atoms with Gasteiger partial charge in [-0.2, -0.15) is 0 Å². The molecule has 0 bridgehead atoms. The SMILES string of the molecule is NC(=S)C1(C(=O)N2CCC(OCCO)CC2)CCCC1. The first-order valence-electron chi connectivity index (χ1n) is 7.42. The van der Waals surface area contributed by atoms with Gasteiger partial charge in [-0.05, 0) is 25.7 Å². The van der Waals surface area contributed by atoms with Crippen molar-refractivity contribution in [1.29, 1.82) is 0 Å². The predicted octanol–water partition coefficient (Wildman–Crippen LogP) is 0.833. The summed E-state index contributed by atoms with van der Waals surface area (Å²) in [4.78, 5) is 15.0. The Hall–Kier alpha value is -0.720. The van der Waals surface area contributed by atoms with Gasteiger partial charge < -0.3 is 20.5 Å². The molecule has 0 radical (unpaired) electrons. The first-order valence-corrected chi connectivity index (χ1v) is 7.83. The topological polar surface area (TPSA) is 75.8 Å². The van der Waals surface area contributed by atoms with Crippen molar-refractivity contribution in [1.82, 2.24) is 4.90 Å². The van der Waals surface area contributed by atoms with Crippen LogP contribution in [0.15, 0.2) is 0 Å². The number of aliphatic hydroxyl groups excluding tert-OH is 1. The maximum atomic E-state index is 12.8. The van der Waals surface area contributed by atoms with E-state index in [1.807, 2.05) is 4.90 Å². The van der Waals surface area contributed by atoms with Gasteiger partial charge in [0.2, 0.25) is 5.91 Å². The van der Waals surface area contributed by atoms with E-state index in [0.717, 1.165) is 38.5 Å². The zero-order valence-corrected chi connectivity index (χ0v) is 12.7. The molecule has 114 valence electrons. The molecule has 0 atom stereocenters. The molecule has 0 unspecified atom stereocenters. The van der Waals surface area contributed by atoms with Crippen molar-refractivity contribution in [2.75, 3.05) is 26.3 Å². The van der Waals surface area contributed by atoms with Gasteiger partial charge in [0.15, 0.2) is 0 Å². The molecule has 20 heavy (non-hydrogen) atoms. The third-order valence-electron chi connectivity index (χ3n) is 4.51. The molecule has 2 fully saturated rings. The number of carbonyl (C=O) groups excluding carboxylic acids is 1. The molecule has 0 aromatic carbocycles. The lowest BCUT2D eigenvalue weighted by atomic mass is 9.84. The van der Waals surface area contributed by atoms with Crippen LogP contribution in [0.5, 0.6) is 0 Å². The van der Waals surface area contributed by atoms with Crippen LogP contribution in [0.2, 0.25) is 0 Å². The van der Waals surface area contributed by atoms with Crippen LogP contribution < -0.4 is 5.73 Å². The van der Waals surface area contributed by atoms with E-state index >= 15 is 0 Å². The van der Waals surface area contributed by atoms with Crippen molar-refractivity contribution in [3.8, 4) is 0 Å². The van der Waals surface area contributed by atoms with Crippen molar-refractivity contribution in [3.05, 3.63) is 0 Å². The molecule has 0 spiro atoms. The van der Waals surface area contributed by atoms with E-state index in [2.05, 4.69) is 0 Å². The maximum absolute atomic E-state index is 12.8. The second kappa shape index (κ2) is 6.83. The molecule has 2 rings (SSSR count). The fourth-order valence-electron chi connectivity index (χ4n) is 3.29. The van der Waals surface area contributed by atoms with Gasteiger partial charge in [-0.15, -0.1) is 0 Å². The molecular weight excluding hydrogens is 276 g/mol. The molecule has 1 saturated carbocycles. The molecule has 1 aliphatic heterocycles. The Balaban J connectivity index is 1.92. The van der Waals surface area contributed by atoms with E-state index in [1.165, 1.54) is 0 Å². The minimum Gasteiger partial charge on any atom is -0.394 e. The Labute approximate surface area is 125 Å². The minimum absolute atomic E-state index is 0.0453. The van der Waals surface area contributed by atoms with Crippen molar-refractivity contribution < 1.29 is 14.6 Å². The molecule has 0 aromatic heterocycles. The van der Waals surface area contributed by atoms with Gasteiger partial charge in [0, 0.05) is 13.1 Å². The van der Waals surface area contributed by atoms with E-state index in [4.69, 9.17) is 27.8 Å². The van der Waals surface area contributed by atoms with Crippen LogP contribution in [0, 0.1) is 5.41 Å². The molecule has 1 aliphatic carbocycles. The smallest absolute Gasteiger partial charge is 0.235 e. The number of thiocarbonyl (C=S) groups is 1. The number of nitrogens with zero attached hydrogens (tertiary/aromatic N) is 1. The van der Waals surface area contributed by atoms with E-state index in [0.29, 0.717) is 24.7 Å². The molecule has 5 nitrogen and oxygen atoms in total. The Morgan fingerprint density at radius 1 is 1.35 bits per heavy atom. The van der Waals surface area contributed by atoms with Crippen molar-refractivity contribution in [3.63, 3.8) is 0 Å². The van der Waals surface area contributed by atoms with E-state index in [-0.39, 0.29) is 18.6 Å². The van der Waals surface area contributed by atoms with Crippen molar-refractivity contribution in [2.24, 2.45) is 11.1 Å². The first kappa shape index (κ1) is 15.7. The van der Waals surface area contributed by atoms with Crippen LogP contribution >= 0.6 is 12.2 Å². The molecular formula is C14H24N2O3S. The summed E-state index contributed by atoms with van der Waals surface area (Å²) in [6.45, 7) is 1.80. The zero-order valence-electron chi connectivity index (χ0n) is 11.8. The first-order chi connectivity index (χ1) is 9.60. The summed E-state index contributed by atoms with van der Waals surface area (Å²) in [5.74, 6) is 0.114. The number of aliphatic hydroxyl groups is 1. The molecule has 3 N–H and O–H groups in total. The lowest BCUT2D eigenvalue weighted by Crippen LogP contribution is -2.52. The van der Waals surface area contributed by atoms with E-state index in [1.54, 1.807) is 0 Å². The normalized spacial score (nSPS) is 22.9. The van der Waals surface area contributed by atoms with E-state index < -0.39 is 5.41 Å². The summed E-state index contributed by atoms with van der Waals surface area (Å²) in [6, 6.07) is 0. The van der Waals surface area contributed by atoms with Crippen LogP contribution in [0.3, 0.4) is 0 Å². The average molecular weight is 300 g/mol. The quantitative estimate of drug-likeness (QED) is 0.736. The molecule has 6 heteroatoms. The summed E-state index contributed by atoms with van der Waals surface area (Å²) in [6.07, 6.45) is 5.43. The molecule has 1 saturated heterocycles. The van der Waals surface area contributed by atoms with Gasteiger partial charge >= 0.3 is 0 Å². The van der Waals surface area contributed by atoms with Crippen LogP contribution in [-0.2, 0) is 9.53 Å². The molecule has 1 heterocycles. The monoisotopic (exact) mass is 300 g/mol. The molecule has 1 amide bonds. The van der Waals surface area contributed by atoms with Gasteiger partial charge in [-0.1, -0.05) is 25.1 Å². The highest BCUT2D eigenvalue weighted by atomic mass is 32.1. The highest BCUT2D eigenvalue weighted by Crippen LogP contribution is 2.40. The number of likely N-dealkylation sites (tertiary alicyclic amines) is 1. The Bertz CT molecular complexity index is 361. The minimum atomic E-state index is -0.589. The second-order valence-electron chi connectivity index (χ2n) is 5.74. The van der Waals surface area contributed by atoms with Gasteiger partial charge in [0.1, 0.15) is 0 Å². The number of ether oxygens (including phenoxy) is 1. The van der Waals surface area contributed by atoms with Gasteiger partial charge in [-0.3, -0.25) is 4.79 Å². The summed E-state index contributed by atoms with van der Waals surface area (Å²) in [7, 11) is 0. The lowest BCUT2D eigenvalue weighted by molar-refractivity contribution is -0.140. The van der Waals surface area contributed by atoms with Crippen molar-refractivity contribution in [2.45, 2.75) is 44.6 Å². The van der Waals surface area contributed by atoms with Crippen LogP contribution in [0.1, 0.15) is 38.5 Å². The van der Waals surface area contributed by atoms with Gasteiger partial charge in [-0.25, -0.2) is 0 Å². The Kier molecular flexibility index (Phi) is 5.35. The van der Waals surface area contributed by atoms with Crippen LogP contribution in [0.4, 0.5) is 0 Å². The third-order valence-corrected chi connectivity index (χ3v) is 4.90. The number of nitrogens with two attached hydrogens (primary N) is 1. The number of hydrogen-bond acceptors (Lipinski definition) is 4. The summed E-state index contributed by atoms with van der Waals surface area (Å²) < 4.78 is 5.52. The highest BCUT2D eigenvalue weighted by Gasteiger charge is 2.46. The summed E-state index contributed by atoms with van der Waals surface area (Å²) in [5, 5.41) is 8.76. The van der Waals surface area contributed by atoms with Crippen LogP contribution in [-0.4, -0.2) is 53.3 Å². The van der Waals surface area contributed by atoms with Crippen molar-refractivity contribution >= 4 is 23.1 Å². The van der Waals surface area contributed by atoms with Gasteiger partial charge in [0.25, 0.3) is 0 Å².